The average molecular weight is 433 g/mol. The second-order valence-electron chi connectivity index (χ2n) is 8.06. The first-order valence-corrected chi connectivity index (χ1v) is 11.3. The lowest BCUT2D eigenvalue weighted by Gasteiger charge is -2.16. The van der Waals surface area contributed by atoms with Crippen molar-refractivity contribution in [2.45, 2.75) is 25.8 Å². The van der Waals surface area contributed by atoms with E-state index in [0.29, 0.717) is 0 Å². The van der Waals surface area contributed by atoms with Gasteiger partial charge < -0.3 is 5.32 Å². The van der Waals surface area contributed by atoms with Crippen molar-refractivity contribution >= 4 is 44.3 Å². The lowest BCUT2D eigenvalue weighted by atomic mass is 9.95. The molecule has 1 aliphatic rings. The summed E-state index contributed by atoms with van der Waals surface area (Å²) >= 11 is 1.47. The Hall–Kier alpha value is -3.03. The van der Waals surface area contributed by atoms with E-state index in [1.54, 1.807) is 24.7 Å². The molecular formula is C24H24N4O2S. The van der Waals surface area contributed by atoms with Crippen LogP contribution in [-0.2, 0) is 6.54 Å². The van der Waals surface area contributed by atoms with Crippen molar-refractivity contribution in [3.8, 4) is 0 Å². The molecule has 1 fully saturated rings. The molecule has 0 bridgehead atoms. The number of amides is 1. The van der Waals surface area contributed by atoms with Gasteiger partial charge in [0.1, 0.15) is 4.83 Å². The standard InChI is InChI=1S/C24H24N4O2S/c1-15(29)28-14-17(18-6-3-4-8-20(18)28)13-27-11-9-16(12-27)21-19-7-5-10-26-24(19)31-22(21)23(30)25-2/h3-8,10,14,16H,9,11-13H2,1-2H3,(H,25,30)/t16-/m1/s1. The van der Waals surface area contributed by atoms with Crippen LogP contribution in [0.3, 0.4) is 0 Å². The fraction of sp³-hybridized carbons (Fsp3) is 0.292. The van der Waals surface area contributed by atoms with Crippen molar-refractivity contribution in [1.82, 2.24) is 19.8 Å². The monoisotopic (exact) mass is 432 g/mol. The van der Waals surface area contributed by atoms with Gasteiger partial charge in [0.2, 0.25) is 5.91 Å². The Morgan fingerprint density at radius 2 is 2.00 bits per heavy atom. The minimum Gasteiger partial charge on any atom is -0.354 e. The van der Waals surface area contributed by atoms with Crippen molar-refractivity contribution in [3.05, 3.63) is 64.8 Å². The Bertz CT molecular complexity index is 1310. The summed E-state index contributed by atoms with van der Waals surface area (Å²) in [5, 5.41) is 5.00. The lowest BCUT2D eigenvalue weighted by Crippen LogP contribution is -2.21. The number of carbonyl (C=O) groups is 2. The van der Waals surface area contributed by atoms with Crippen molar-refractivity contribution in [2.75, 3.05) is 20.1 Å². The Labute approximate surface area is 184 Å². The fourth-order valence-electron chi connectivity index (χ4n) is 4.73. The van der Waals surface area contributed by atoms with Crippen LogP contribution in [0.5, 0.6) is 0 Å². The molecule has 1 aliphatic heterocycles. The Morgan fingerprint density at radius 1 is 1.19 bits per heavy atom. The molecule has 1 N–H and O–H groups in total. The van der Waals surface area contributed by atoms with Crippen LogP contribution in [0.15, 0.2) is 48.8 Å². The molecule has 0 spiro atoms. The lowest BCUT2D eigenvalue weighted by molar-refractivity contribution is 0.0939. The van der Waals surface area contributed by atoms with E-state index in [1.165, 1.54) is 11.3 Å². The summed E-state index contributed by atoms with van der Waals surface area (Å²) in [7, 11) is 1.68. The van der Waals surface area contributed by atoms with Gasteiger partial charge in [-0.1, -0.05) is 24.3 Å². The number of para-hydroxylation sites is 1. The number of hydrogen-bond donors (Lipinski definition) is 1. The summed E-state index contributed by atoms with van der Waals surface area (Å²) in [5.41, 5.74) is 3.24. The zero-order chi connectivity index (χ0) is 21.5. The minimum absolute atomic E-state index is 0.0224. The van der Waals surface area contributed by atoms with Gasteiger partial charge in [-0.2, -0.15) is 0 Å². The van der Waals surface area contributed by atoms with Crippen LogP contribution in [0.2, 0.25) is 0 Å². The summed E-state index contributed by atoms with van der Waals surface area (Å²) < 4.78 is 1.74. The maximum absolute atomic E-state index is 12.6. The van der Waals surface area contributed by atoms with Gasteiger partial charge in [-0.25, -0.2) is 4.98 Å². The zero-order valence-electron chi connectivity index (χ0n) is 17.6. The van der Waals surface area contributed by atoms with Crippen molar-refractivity contribution < 1.29 is 9.59 Å². The molecule has 7 heteroatoms. The van der Waals surface area contributed by atoms with E-state index >= 15 is 0 Å². The molecule has 5 rings (SSSR count). The first kappa shape index (κ1) is 19.9. The van der Waals surface area contributed by atoms with Crippen LogP contribution < -0.4 is 5.32 Å². The molecule has 1 aromatic carbocycles. The maximum Gasteiger partial charge on any atom is 0.261 e. The van der Waals surface area contributed by atoms with Crippen LogP contribution in [-0.4, -0.2) is 46.4 Å². The highest BCUT2D eigenvalue weighted by Gasteiger charge is 2.31. The number of benzene rings is 1. The van der Waals surface area contributed by atoms with E-state index in [1.807, 2.05) is 30.5 Å². The Kier molecular flexibility index (Phi) is 5.08. The quantitative estimate of drug-likeness (QED) is 0.523. The molecule has 31 heavy (non-hydrogen) atoms. The molecule has 4 heterocycles. The van der Waals surface area contributed by atoms with Crippen LogP contribution in [0.4, 0.5) is 0 Å². The molecule has 1 saturated heterocycles. The summed E-state index contributed by atoms with van der Waals surface area (Å²) in [5.74, 6) is 0.265. The van der Waals surface area contributed by atoms with Crippen LogP contribution in [0.25, 0.3) is 21.1 Å². The van der Waals surface area contributed by atoms with E-state index in [0.717, 1.165) is 63.2 Å². The van der Waals surface area contributed by atoms with E-state index in [4.69, 9.17) is 0 Å². The van der Waals surface area contributed by atoms with Gasteiger partial charge in [0.05, 0.1) is 10.4 Å². The topological polar surface area (TPSA) is 67.2 Å². The summed E-state index contributed by atoms with van der Waals surface area (Å²) in [6, 6.07) is 12.1. The number of carbonyl (C=O) groups excluding carboxylic acids is 2. The number of rotatable bonds is 4. The predicted octanol–water partition coefficient (Wildman–Crippen LogP) is 4.26. The zero-order valence-corrected chi connectivity index (χ0v) is 18.4. The molecule has 158 valence electrons. The minimum atomic E-state index is -0.0408. The van der Waals surface area contributed by atoms with Gasteiger partial charge in [0, 0.05) is 56.1 Å². The molecule has 6 nitrogen and oxygen atoms in total. The second kappa shape index (κ2) is 7.90. The van der Waals surface area contributed by atoms with E-state index in [9.17, 15) is 9.59 Å². The van der Waals surface area contributed by atoms with E-state index in [2.05, 4.69) is 27.3 Å². The van der Waals surface area contributed by atoms with Gasteiger partial charge in [-0.3, -0.25) is 19.1 Å². The highest BCUT2D eigenvalue weighted by Crippen LogP contribution is 2.40. The number of pyridine rings is 1. The summed E-state index contributed by atoms with van der Waals surface area (Å²) in [6.45, 7) is 4.21. The third-order valence-corrected chi connectivity index (χ3v) is 7.27. The molecule has 1 atom stereocenters. The molecule has 3 aromatic heterocycles. The average Bonchev–Trinajstić information content (AvgIpc) is 3.49. The molecular weight excluding hydrogens is 408 g/mol. The number of aromatic nitrogens is 2. The van der Waals surface area contributed by atoms with Gasteiger partial charge in [-0.05, 0) is 36.2 Å². The van der Waals surface area contributed by atoms with E-state index < -0.39 is 0 Å². The molecule has 4 aromatic rings. The first-order chi connectivity index (χ1) is 15.1. The van der Waals surface area contributed by atoms with Crippen LogP contribution in [0, 0.1) is 0 Å². The highest BCUT2D eigenvalue weighted by atomic mass is 32.1. The third kappa shape index (κ3) is 3.43. The molecule has 0 aliphatic carbocycles. The molecule has 1 amide bonds. The molecule has 0 saturated carbocycles. The number of nitrogens with zero attached hydrogens (tertiary/aromatic N) is 3. The predicted molar refractivity (Wildman–Crippen MR) is 124 cm³/mol. The molecule has 0 radical (unpaired) electrons. The fourth-order valence-corrected chi connectivity index (χ4v) is 5.90. The van der Waals surface area contributed by atoms with Crippen LogP contribution in [0.1, 0.15) is 44.9 Å². The van der Waals surface area contributed by atoms with Gasteiger partial charge >= 0.3 is 0 Å². The number of hydrogen-bond acceptors (Lipinski definition) is 5. The SMILES string of the molecule is CNC(=O)c1sc2ncccc2c1[C@@H]1CCN(Cc2cn(C(C)=O)c3ccccc23)C1. The van der Waals surface area contributed by atoms with Gasteiger partial charge in [0.15, 0.2) is 0 Å². The Balaban J connectivity index is 1.45. The largest absolute Gasteiger partial charge is 0.354 e. The van der Waals surface area contributed by atoms with Crippen molar-refractivity contribution in [2.24, 2.45) is 0 Å². The van der Waals surface area contributed by atoms with Crippen molar-refractivity contribution in [3.63, 3.8) is 0 Å². The number of likely N-dealkylation sites (tertiary alicyclic amines) is 1. The third-order valence-electron chi connectivity index (χ3n) is 6.15. The van der Waals surface area contributed by atoms with E-state index in [-0.39, 0.29) is 17.7 Å². The highest BCUT2D eigenvalue weighted by molar-refractivity contribution is 7.20. The summed E-state index contributed by atoms with van der Waals surface area (Å²) in [4.78, 5) is 33.2. The molecule has 0 unspecified atom stereocenters. The number of nitrogens with one attached hydrogen (secondary N) is 1. The second-order valence-corrected chi connectivity index (χ2v) is 9.06. The number of fused-ring (bicyclic) bond motifs is 2. The summed E-state index contributed by atoms with van der Waals surface area (Å²) in [6.07, 6.45) is 4.75. The number of thiophene rings is 1. The first-order valence-electron chi connectivity index (χ1n) is 10.5. The van der Waals surface area contributed by atoms with Crippen LogP contribution >= 0.6 is 11.3 Å². The van der Waals surface area contributed by atoms with Crippen molar-refractivity contribution in [1.29, 1.82) is 0 Å². The Morgan fingerprint density at radius 3 is 2.81 bits per heavy atom. The smallest absolute Gasteiger partial charge is 0.261 e. The maximum atomic E-state index is 12.6. The van der Waals surface area contributed by atoms with Gasteiger partial charge in [-0.15, -0.1) is 11.3 Å². The normalized spacial score (nSPS) is 16.9. The van der Waals surface area contributed by atoms with Gasteiger partial charge in [0.25, 0.3) is 5.91 Å².